The number of aromatic carboxylic acids is 1. The number of benzene rings is 2. The van der Waals surface area contributed by atoms with Gasteiger partial charge in [-0.25, -0.2) is 14.8 Å². The van der Waals surface area contributed by atoms with Crippen LogP contribution < -0.4 is 19.7 Å². The molecule has 38 heavy (non-hydrogen) atoms. The summed E-state index contributed by atoms with van der Waals surface area (Å²) in [4.78, 5) is 35.4. The van der Waals surface area contributed by atoms with Crippen LogP contribution in [-0.2, 0) is 0 Å². The Morgan fingerprint density at radius 1 is 1.00 bits per heavy atom. The number of hydrogen-bond donors (Lipinski definition) is 2. The van der Waals surface area contributed by atoms with Crippen LogP contribution in [0.25, 0.3) is 11.4 Å². The summed E-state index contributed by atoms with van der Waals surface area (Å²) < 4.78 is 11.2. The van der Waals surface area contributed by atoms with Gasteiger partial charge in [-0.1, -0.05) is 12.1 Å². The highest BCUT2D eigenvalue weighted by atomic mass is 16.5. The van der Waals surface area contributed by atoms with E-state index in [4.69, 9.17) is 9.47 Å². The predicted octanol–water partition coefficient (Wildman–Crippen LogP) is 4.29. The third-order valence-electron chi connectivity index (χ3n) is 7.06. The number of carbonyl (C=O) groups is 2. The summed E-state index contributed by atoms with van der Waals surface area (Å²) in [5, 5.41) is 12.4. The SMILES string of the molecule is COc1cc(OCC2CC2)cc(C(=O)NCC2CCN(c3ccnc(-c4cccc(C(=O)O)c4)n3)CC2)c1. The molecule has 0 bridgehead atoms. The molecule has 1 saturated heterocycles. The highest BCUT2D eigenvalue weighted by Crippen LogP contribution is 2.31. The van der Waals surface area contributed by atoms with Gasteiger partial charge in [-0.3, -0.25) is 4.79 Å². The van der Waals surface area contributed by atoms with Gasteiger partial charge in [0.15, 0.2) is 5.82 Å². The fourth-order valence-corrected chi connectivity index (χ4v) is 4.56. The van der Waals surface area contributed by atoms with Crippen molar-refractivity contribution < 1.29 is 24.2 Å². The molecule has 2 fully saturated rings. The summed E-state index contributed by atoms with van der Waals surface area (Å²) in [5.41, 5.74) is 1.41. The number of carbonyl (C=O) groups excluding carboxylic acids is 1. The summed E-state index contributed by atoms with van der Waals surface area (Å²) in [7, 11) is 1.59. The van der Waals surface area contributed by atoms with Crippen LogP contribution in [0.15, 0.2) is 54.7 Å². The van der Waals surface area contributed by atoms with E-state index in [0.29, 0.717) is 53.4 Å². The fraction of sp³-hybridized carbons (Fsp3) is 0.379. The molecule has 1 aromatic heterocycles. The Kier molecular flexibility index (Phi) is 7.72. The molecule has 9 heteroatoms. The molecule has 2 heterocycles. The maximum Gasteiger partial charge on any atom is 0.335 e. The summed E-state index contributed by atoms with van der Waals surface area (Å²) in [6, 6.07) is 13.8. The number of amides is 1. The van der Waals surface area contributed by atoms with Crippen LogP contribution in [0.4, 0.5) is 5.82 Å². The van der Waals surface area contributed by atoms with E-state index in [0.717, 1.165) is 31.7 Å². The summed E-state index contributed by atoms with van der Waals surface area (Å²) in [6.07, 6.45) is 5.95. The molecular formula is C29H32N4O5. The lowest BCUT2D eigenvalue weighted by Crippen LogP contribution is -2.39. The van der Waals surface area contributed by atoms with E-state index in [9.17, 15) is 14.7 Å². The maximum absolute atomic E-state index is 12.9. The molecule has 9 nitrogen and oxygen atoms in total. The van der Waals surface area contributed by atoms with Crippen molar-refractivity contribution in [2.75, 3.05) is 38.3 Å². The second kappa shape index (κ2) is 11.5. The number of ether oxygens (including phenoxy) is 2. The normalized spacial score (nSPS) is 15.7. The number of carboxylic acids is 1. The molecule has 2 aliphatic rings. The molecule has 198 valence electrons. The van der Waals surface area contributed by atoms with Crippen LogP contribution in [0.3, 0.4) is 0 Å². The van der Waals surface area contributed by atoms with Crippen LogP contribution in [0.1, 0.15) is 46.4 Å². The Bertz CT molecular complexity index is 1300. The lowest BCUT2D eigenvalue weighted by atomic mass is 9.96. The van der Waals surface area contributed by atoms with E-state index in [-0.39, 0.29) is 11.5 Å². The quantitative estimate of drug-likeness (QED) is 0.410. The minimum atomic E-state index is -0.981. The average molecular weight is 517 g/mol. The average Bonchev–Trinajstić information content (AvgIpc) is 3.80. The zero-order valence-electron chi connectivity index (χ0n) is 21.4. The fourth-order valence-electron chi connectivity index (χ4n) is 4.56. The summed E-state index contributed by atoms with van der Waals surface area (Å²) in [6.45, 7) is 2.89. The first-order valence-corrected chi connectivity index (χ1v) is 13.0. The van der Waals surface area contributed by atoms with E-state index in [1.165, 1.54) is 12.8 Å². The molecule has 2 aromatic carbocycles. The Morgan fingerprint density at radius 3 is 2.53 bits per heavy atom. The Hall–Kier alpha value is -4.14. The largest absolute Gasteiger partial charge is 0.497 e. The van der Waals surface area contributed by atoms with Crippen molar-refractivity contribution in [2.24, 2.45) is 11.8 Å². The lowest BCUT2D eigenvalue weighted by Gasteiger charge is -2.33. The van der Waals surface area contributed by atoms with E-state index >= 15 is 0 Å². The molecule has 1 aliphatic heterocycles. The molecular weight excluding hydrogens is 484 g/mol. The zero-order chi connectivity index (χ0) is 26.5. The van der Waals surface area contributed by atoms with Crippen molar-refractivity contribution in [1.29, 1.82) is 0 Å². The molecule has 0 unspecified atom stereocenters. The van der Waals surface area contributed by atoms with Crippen LogP contribution in [0.2, 0.25) is 0 Å². The third kappa shape index (κ3) is 6.40. The zero-order valence-corrected chi connectivity index (χ0v) is 21.4. The van der Waals surface area contributed by atoms with Gasteiger partial charge >= 0.3 is 5.97 Å². The van der Waals surface area contributed by atoms with Crippen molar-refractivity contribution in [3.8, 4) is 22.9 Å². The molecule has 0 spiro atoms. The molecule has 1 aliphatic carbocycles. The van der Waals surface area contributed by atoms with Gasteiger partial charge in [-0.2, -0.15) is 0 Å². The van der Waals surface area contributed by atoms with E-state index in [1.54, 1.807) is 43.6 Å². The number of hydrogen-bond acceptors (Lipinski definition) is 7. The molecule has 1 saturated carbocycles. The Morgan fingerprint density at radius 2 is 1.79 bits per heavy atom. The summed E-state index contributed by atoms with van der Waals surface area (Å²) in [5.74, 6) is 2.45. The van der Waals surface area contributed by atoms with Crippen molar-refractivity contribution in [1.82, 2.24) is 15.3 Å². The number of piperidine rings is 1. The number of aromatic nitrogens is 2. The van der Waals surface area contributed by atoms with Gasteiger partial charge in [0, 0.05) is 43.0 Å². The number of nitrogens with one attached hydrogen (secondary N) is 1. The second-order valence-corrected chi connectivity index (χ2v) is 9.92. The Labute approximate surface area is 221 Å². The van der Waals surface area contributed by atoms with E-state index < -0.39 is 5.97 Å². The van der Waals surface area contributed by atoms with Crippen molar-refractivity contribution in [3.63, 3.8) is 0 Å². The van der Waals surface area contributed by atoms with Gasteiger partial charge in [0.2, 0.25) is 0 Å². The first-order valence-electron chi connectivity index (χ1n) is 13.0. The topological polar surface area (TPSA) is 114 Å². The first kappa shape index (κ1) is 25.5. The lowest BCUT2D eigenvalue weighted by molar-refractivity contribution is 0.0696. The highest BCUT2D eigenvalue weighted by molar-refractivity contribution is 5.95. The van der Waals surface area contributed by atoms with Crippen LogP contribution in [0.5, 0.6) is 11.5 Å². The van der Waals surface area contributed by atoms with Crippen LogP contribution in [-0.4, -0.2) is 60.3 Å². The van der Waals surface area contributed by atoms with Gasteiger partial charge < -0.3 is 24.8 Å². The standard InChI is InChI=1S/C29H32N4O5/c1-37-24-14-23(15-25(16-24)38-18-20-5-6-20)28(34)31-17-19-8-11-33(12-9-19)26-7-10-30-27(32-26)21-3-2-4-22(13-21)29(35)36/h2-4,7,10,13-16,19-20H,5-6,8-9,11-12,17-18H2,1H3,(H,31,34)(H,35,36). The summed E-state index contributed by atoms with van der Waals surface area (Å²) >= 11 is 0. The van der Waals surface area contributed by atoms with Gasteiger partial charge in [0.1, 0.15) is 17.3 Å². The van der Waals surface area contributed by atoms with Crippen LogP contribution >= 0.6 is 0 Å². The smallest absolute Gasteiger partial charge is 0.335 e. The number of carboxylic acid groups (broad SMARTS) is 1. The third-order valence-corrected chi connectivity index (χ3v) is 7.06. The maximum atomic E-state index is 12.9. The molecule has 3 aromatic rings. The molecule has 2 N–H and O–H groups in total. The van der Waals surface area contributed by atoms with Crippen molar-refractivity contribution in [3.05, 3.63) is 65.9 Å². The molecule has 5 rings (SSSR count). The van der Waals surface area contributed by atoms with Crippen molar-refractivity contribution >= 4 is 17.7 Å². The minimum Gasteiger partial charge on any atom is -0.497 e. The molecule has 0 radical (unpaired) electrons. The monoisotopic (exact) mass is 516 g/mol. The van der Waals surface area contributed by atoms with Crippen molar-refractivity contribution in [2.45, 2.75) is 25.7 Å². The van der Waals surface area contributed by atoms with Gasteiger partial charge in [-0.05, 0) is 67.9 Å². The second-order valence-electron chi connectivity index (χ2n) is 9.92. The van der Waals surface area contributed by atoms with E-state index in [1.807, 2.05) is 18.2 Å². The molecule has 0 atom stereocenters. The van der Waals surface area contributed by atoms with Gasteiger partial charge in [0.05, 0.1) is 19.3 Å². The Balaban J connectivity index is 1.15. The predicted molar refractivity (Wildman–Crippen MR) is 143 cm³/mol. The molecule has 1 amide bonds. The number of methoxy groups -OCH3 is 1. The number of rotatable bonds is 10. The van der Waals surface area contributed by atoms with Crippen LogP contribution in [0, 0.1) is 11.8 Å². The number of anilines is 1. The van der Waals surface area contributed by atoms with Gasteiger partial charge in [0.25, 0.3) is 5.91 Å². The van der Waals surface area contributed by atoms with E-state index in [2.05, 4.69) is 20.2 Å². The van der Waals surface area contributed by atoms with Gasteiger partial charge in [-0.15, -0.1) is 0 Å². The first-order chi connectivity index (χ1) is 18.5. The highest BCUT2D eigenvalue weighted by Gasteiger charge is 2.23. The minimum absolute atomic E-state index is 0.133. The number of nitrogens with zero attached hydrogens (tertiary/aromatic N) is 3.